The van der Waals surface area contributed by atoms with Crippen LogP contribution in [0.25, 0.3) is 11.0 Å². The van der Waals surface area contributed by atoms with Gasteiger partial charge in [-0.3, -0.25) is 0 Å². The first-order valence-electron chi connectivity index (χ1n) is 6.06. The van der Waals surface area contributed by atoms with Crippen LogP contribution < -0.4 is 0 Å². The molecule has 0 unspecified atom stereocenters. The number of aromatic nitrogens is 2. The van der Waals surface area contributed by atoms with Gasteiger partial charge in [0, 0.05) is 5.92 Å². The second kappa shape index (κ2) is 4.11. The molecule has 17 heavy (non-hydrogen) atoms. The van der Waals surface area contributed by atoms with Gasteiger partial charge in [-0.15, -0.1) is 0 Å². The predicted octanol–water partition coefficient (Wildman–Crippen LogP) is 2.51. The summed E-state index contributed by atoms with van der Waals surface area (Å²) in [5.74, 6) is 1.29. The Balaban J connectivity index is 1.90. The minimum absolute atomic E-state index is 0.212. The molecule has 1 saturated heterocycles. The molecular weight excluding hydrogens is 217 g/mol. The summed E-state index contributed by atoms with van der Waals surface area (Å²) in [5.41, 5.74) is 1.67. The lowest BCUT2D eigenvalue weighted by atomic mass is 9.97. The number of nitrogens with one attached hydrogen (secondary N) is 1. The summed E-state index contributed by atoms with van der Waals surface area (Å²) in [4.78, 5) is 10.1. The molecule has 2 heterocycles. The summed E-state index contributed by atoms with van der Waals surface area (Å²) in [6.45, 7) is 2.21. The fraction of sp³-hybridized carbons (Fsp3) is 0.462. The molecular formula is C13H16FN3. The van der Waals surface area contributed by atoms with Crippen LogP contribution in [0.5, 0.6) is 0 Å². The monoisotopic (exact) mass is 233 g/mol. The molecule has 0 bridgehead atoms. The maximum Gasteiger partial charge on any atom is 0.125 e. The van der Waals surface area contributed by atoms with Gasteiger partial charge in [-0.05, 0) is 51.2 Å². The Morgan fingerprint density at radius 2 is 2.12 bits per heavy atom. The van der Waals surface area contributed by atoms with Gasteiger partial charge in [0.2, 0.25) is 0 Å². The SMILES string of the molecule is CN1CCC(c2nc3ccc(F)cc3[nH]2)CC1. The van der Waals surface area contributed by atoms with Gasteiger partial charge >= 0.3 is 0 Å². The Kier molecular flexibility index (Phi) is 2.59. The first kappa shape index (κ1) is 10.7. The Labute approximate surface area is 99.7 Å². The van der Waals surface area contributed by atoms with Crippen molar-refractivity contribution in [1.82, 2.24) is 14.9 Å². The van der Waals surface area contributed by atoms with Crippen molar-refractivity contribution in [2.24, 2.45) is 0 Å². The smallest absolute Gasteiger partial charge is 0.125 e. The van der Waals surface area contributed by atoms with Crippen LogP contribution in [0.4, 0.5) is 4.39 Å². The molecule has 0 amide bonds. The predicted molar refractivity (Wildman–Crippen MR) is 65.5 cm³/mol. The average molecular weight is 233 g/mol. The number of halogens is 1. The lowest BCUT2D eigenvalue weighted by Gasteiger charge is -2.27. The largest absolute Gasteiger partial charge is 0.342 e. The normalized spacial score (nSPS) is 18.9. The number of nitrogens with zero attached hydrogens (tertiary/aromatic N) is 2. The zero-order chi connectivity index (χ0) is 11.8. The molecule has 0 aliphatic carbocycles. The Hall–Kier alpha value is -1.42. The highest BCUT2D eigenvalue weighted by Gasteiger charge is 2.21. The van der Waals surface area contributed by atoms with E-state index in [1.165, 1.54) is 12.1 Å². The standard InChI is InChI=1S/C13H16FN3/c1-17-6-4-9(5-7-17)13-15-11-3-2-10(14)8-12(11)16-13/h2-3,8-9H,4-7H2,1H3,(H,15,16). The van der Waals surface area contributed by atoms with Crippen molar-refractivity contribution in [1.29, 1.82) is 0 Å². The van der Waals surface area contributed by atoms with Crippen LogP contribution in [0.1, 0.15) is 24.6 Å². The molecule has 1 aliphatic heterocycles. The van der Waals surface area contributed by atoms with Crippen LogP contribution in [0.2, 0.25) is 0 Å². The third-order valence-electron chi connectivity index (χ3n) is 3.57. The van der Waals surface area contributed by atoms with E-state index in [0.717, 1.165) is 42.8 Å². The van der Waals surface area contributed by atoms with Gasteiger partial charge in [0.05, 0.1) is 11.0 Å². The number of likely N-dealkylation sites (tertiary alicyclic amines) is 1. The highest BCUT2D eigenvalue weighted by molar-refractivity contribution is 5.75. The fourth-order valence-corrected chi connectivity index (χ4v) is 2.48. The minimum atomic E-state index is -0.212. The van der Waals surface area contributed by atoms with E-state index in [1.807, 2.05) is 0 Å². The van der Waals surface area contributed by atoms with Gasteiger partial charge in [0.25, 0.3) is 0 Å². The number of fused-ring (bicyclic) bond motifs is 1. The molecule has 0 spiro atoms. The summed E-state index contributed by atoms with van der Waals surface area (Å²) >= 11 is 0. The maximum atomic E-state index is 13.1. The third kappa shape index (κ3) is 2.05. The van der Waals surface area contributed by atoms with Crippen molar-refractivity contribution in [3.8, 4) is 0 Å². The fourth-order valence-electron chi connectivity index (χ4n) is 2.48. The summed E-state index contributed by atoms with van der Waals surface area (Å²) < 4.78 is 13.1. The number of aromatic amines is 1. The number of hydrogen-bond acceptors (Lipinski definition) is 2. The molecule has 4 heteroatoms. The van der Waals surface area contributed by atoms with Gasteiger partial charge in [0.15, 0.2) is 0 Å². The zero-order valence-corrected chi connectivity index (χ0v) is 9.91. The quantitative estimate of drug-likeness (QED) is 0.820. The number of hydrogen-bond donors (Lipinski definition) is 1. The van der Waals surface area contributed by atoms with Crippen molar-refractivity contribution in [2.45, 2.75) is 18.8 Å². The van der Waals surface area contributed by atoms with E-state index in [2.05, 4.69) is 21.9 Å². The van der Waals surface area contributed by atoms with Crippen LogP contribution in [0.3, 0.4) is 0 Å². The van der Waals surface area contributed by atoms with Crippen molar-refractivity contribution in [2.75, 3.05) is 20.1 Å². The van der Waals surface area contributed by atoms with E-state index in [1.54, 1.807) is 6.07 Å². The van der Waals surface area contributed by atoms with Crippen LogP contribution in [-0.4, -0.2) is 35.0 Å². The molecule has 1 N–H and O–H groups in total. The van der Waals surface area contributed by atoms with Crippen LogP contribution >= 0.6 is 0 Å². The molecule has 0 saturated carbocycles. The molecule has 90 valence electrons. The van der Waals surface area contributed by atoms with Gasteiger partial charge in [-0.2, -0.15) is 0 Å². The highest BCUT2D eigenvalue weighted by Crippen LogP contribution is 2.27. The molecule has 2 aromatic rings. The molecule has 3 nitrogen and oxygen atoms in total. The van der Waals surface area contributed by atoms with E-state index in [9.17, 15) is 4.39 Å². The first-order chi connectivity index (χ1) is 8.22. The van der Waals surface area contributed by atoms with Gasteiger partial charge in [-0.25, -0.2) is 9.37 Å². The van der Waals surface area contributed by atoms with Crippen molar-refractivity contribution < 1.29 is 4.39 Å². The number of piperidine rings is 1. The Morgan fingerprint density at radius 1 is 1.35 bits per heavy atom. The number of benzene rings is 1. The number of imidazole rings is 1. The highest BCUT2D eigenvalue weighted by atomic mass is 19.1. The van der Waals surface area contributed by atoms with Gasteiger partial charge < -0.3 is 9.88 Å². The zero-order valence-electron chi connectivity index (χ0n) is 9.91. The Morgan fingerprint density at radius 3 is 2.88 bits per heavy atom. The lowest BCUT2D eigenvalue weighted by Crippen LogP contribution is -2.29. The summed E-state index contributed by atoms with van der Waals surface area (Å²) in [6, 6.07) is 4.71. The van der Waals surface area contributed by atoms with Crippen molar-refractivity contribution >= 4 is 11.0 Å². The van der Waals surface area contributed by atoms with E-state index in [4.69, 9.17) is 0 Å². The summed E-state index contributed by atoms with van der Waals surface area (Å²) in [5, 5.41) is 0. The molecule has 1 aliphatic rings. The van der Waals surface area contributed by atoms with Crippen LogP contribution in [0, 0.1) is 5.82 Å². The van der Waals surface area contributed by atoms with E-state index in [-0.39, 0.29) is 5.82 Å². The summed E-state index contributed by atoms with van der Waals surface area (Å²) in [6.07, 6.45) is 2.25. The minimum Gasteiger partial charge on any atom is -0.342 e. The first-order valence-corrected chi connectivity index (χ1v) is 6.06. The van der Waals surface area contributed by atoms with Gasteiger partial charge in [0.1, 0.15) is 11.6 Å². The topological polar surface area (TPSA) is 31.9 Å². The average Bonchev–Trinajstić information content (AvgIpc) is 2.72. The molecule has 1 aromatic carbocycles. The summed E-state index contributed by atoms with van der Waals surface area (Å²) in [7, 11) is 2.14. The van der Waals surface area contributed by atoms with E-state index in [0.29, 0.717) is 5.92 Å². The van der Waals surface area contributed by atoms with Crippen molar-refractivity contribution in [3.63, 3.8) is 0 Å². The van der Waals surface area contributed by atoms with Crippen molar-refractivity contribution in [3.05, 3.63) is 29.8 Å². The third-order valence-corrected chi connectivity index (χ3v) is 3.57. The Bertz CT molecular complexity index is 526. The second-order valence-electron chi connectivity index (χ2n) is 4.86. The van der Waals surface area contributed by atoms with Crippen LogP contribution in [0.15, 0.2) is 18.2 Å². The van der Waals surface area contributed by atoms with E-state index < -0.39 is 0 Å². The maximum absolute atomic E-state index is 13.1. The molecule has 1 fully saturated rings. The molecule has 0 radical (unpaired) electrons. The lowest BCUT2D eigenvalue weighted by molar-refractivity contribution is 0.252. The molecule has 0 atom stereocenters. The van der Waals surface area contributed by atoms with Gasteiger partial charge in [-0.1, -0.05) is 0 Å². The number of rotatable bonds is 1. The second-order valence-corrected chi connectivity index (χ2v) is 4.86. The molecule has 3 rings (SSSR count). The number of H-pyrrole nitrogens is 1. The van der Waals surface area contributed by atoms with E-state index >= 15 is 0 Å². The molecule has 1 aromatic heterocycles. The van der Waals surface area contributed by atoms with Crippen LogP contribution in [-0.2, 0) is 0 Å².